The standard InChI is InChI=1S/C15H15Br2NOS/c1-2-18-12-7-14(15-6-10(17)8-20-15)19-13-4-3-9(16)5-11(12)13/h3-6,8,12,14,18H,2,7H2,1H3. The first-order valence-electron chi connectivity index (χ1n) is 6.60. The summed E-state index contributed by atoms with van der Waals surface area (Å²) >= 11 is 8.81. The van der Waals surface area contributed by atoms with Gasteiger partial charge in [-0.05, 0) is 46.7 Å². The topological polar surface area (TPSA) is 21.3 Å². The molecular weight excluding hydrogens is 402 g/mol. The summed E-state index contributed by atoms with van der Waals surface area (Å²) in [5.41, 5.74) is 1.24. The lowest BCUT2D eigenvalue weighted by Crippen LogP contribution is -2.28. The molecule has 1 aliphatic rings. The lowest BCUT2D eigenvalue weighted by Gasteiger charge is -2.32. The van der Waals surface area contributed by atoms with Gasteiger partial charge < -0.3 is 10.1 Å². The number of thiophene rings is 1. The fraction of sp³-hybridized carbons (Fsp3) is 0.333. The first kappa shape index (κ1) is 14.6. The summed E-state index contributed by atoms with van der Waals surface area (Å²) in [6.45, 7) is 3.10. The Morgan fingerprint density at radius 2 is 2.15 bits per heavy atom. The van der Waals surface area contributed by atoms with Crippen molar-refractivity contribution >= 4 is 43.2 Å². The zero-order valence-electron chi connectivity index (χ0n) is 11.0. The molecule has 20 heavy (non-hydrogen) atoms. The van der Waals surface area contributed by atoms with Crippen molar-refractivity contribution in [3.63, 3.8) is 0 Å². The van der Waals surface area contributed by atoms with Crippen LogP contribution in [0.2, 0.25) is 0 Å². The van der Waals surface area contributed by atoms with Crippen LogP contribution >= 0.6 is 43.2 Å². The molecule has 1 aromatic heterocycles. The number of nitrogens with one attached hydrogen (secondary N) is 1. The molecule has 0 saturated heterocycles. The molecule has 1 N–H and O–H groups in total. The zero-order valence-corrected chi connectivity index (χ0v) is 15.0. The summed E-state index contributed by atoms with van der Waals surface area (Å²) in [5.74, 6) is 0.986. The molecule has 2 nitrogen and oxygen atoms in total. The predicted molar refractivity (Wildman–Crippen MR) is 90.6 cm³/mol. The largest absolute Gasteiger partial charge is 0.484 e. The summed E-state index contributed by atoms with van der Waals surface area (Å²) in [5, 5.41) is 5.68. The van der Waals surface area contributed by atoms with Crippen molar-refractivity contribution in [2.75, 3.05) is 6.54 Å². The molecule has 1 aromatic carbocycles. The average Bonchev–Trinajstić information content (AvgIpc) is 2.86. The van der Waals surface area contributed by atoms with Gasteiger partial charge in [-0.2, -0.15) is 0 Å². The molecule has 2 unspecified atom stereocenters. The van der Waals surface area contributed by atoms with E-state index in [0.717, 1.165) is 27.7 Å². The van der Waals surface area contributed by atoms with Gasteiger partial charge in [0.1, 0.15) is 11.9 Å². The van der Waals surface area contributed by atoms with Gasteiger partial charge in [0.25, 0.3) is 0 Å². The highest BCUT2D eigenvalue weighted by molar-refractivity contribution is 9.10. The number of rotatable bonds is 3. The minimum Gasteiger partial charge on any atom is -0.484 e. The third-order valence-electron chi connectivity index (χ3n) is 3.42. The Morgan fingerprint density at radius 3 is 2.85 bits per heavy atom. The minimum atomic E-state index is 0.129. The van der Waals surface area contributed by atoms with Crippen LogP contribution in [0.4, 0.5) is 0 Å². The van der Waals surface area contributed by atoms with E-state index in [1.54, 1.807) is 11.3 Å². The van der Waals surface area contributed by atoms with Crippen molar-refractivity contribution in [1.82, 2.24) is 5.32 Å². The molecule has 0 amide bonds. The van der Waals surface area contributed by atoms with E-state index >= 15 is 0 Å². The Bertz CT molecular complexity index is 614. The van der Waals surface area contributed by atoms with Crippen LogP contribution in [0, 0.1) is 0 Å². The number of ether oxygens (including phenoxy) is 1. The molecule has 2 aromatic rings. The summed E-state index contributed by atoms with van der Waals surface area (Å²) in [6.07, 6.45) is 1.09. The van der Waals surface area contributed by atoms with Gasteiger partial charge in [0.2, 0.25) is 0 Å². The Morgan fingerprint density at radius 1 is 1.30 bits per heavy atom. The van der Waals surface area contributed by atoms with E-state index in [9.17, 15) is 0 Å². The number of hydrogen-bond acceptors (Lipinski definition) is 3. The molecule has 2 atom stereocenters. The molecule has 0 spiro atoms. The molecule has 0 aliphatic carbocycles. The van der Waals surface area contributed by atoms with Gasteiger partial charge in [-0.25, -0.2) is 0 Å². The summed E-state index contributed by atoms with van der Waals surface area (Å²) in [7, 11) is 0. The molecule has 2 heterocycles. The second kappa shape index (κ2) is 6.18. The van der Waals surface area contributed by atoms with Gasteiger partial charge in [-0.1, -0.05) is 22.9 Å². The van der Waals surface area contributed by atoms with Gasteiger partial charge in [0.15, 0.2) is 0 Å². The van der Waals surface area contributed by atoms with Crippen molar-refractivity contribution in [3.05, 3.63) is 49.0 Å². The lowest BCUT2D eigenvalue weighted by molar-refractivity contribution is 0.155. The monoisotopic (exact) mass is 415 g/mol. The maximum absolute atomic E-state index is 6.19. The molecule has 106 valence electrons. The Kier molecular flexibility index (Phi) is 4.50. The van der Waals surface area contributed by atoms with E-state index in [-0.39, 0.29) is 6.10 Å². The zero-order chi connectivity index (χ0) is 14.1. The number of benzene rings is 1. The normalized spacial score (nSPS) is 21.4. The maximum Gasteiger partial charge on any atom is 0.135 e. The second-order valence-corrected chi connectivity index (χ2v) is 7.58. The summed E-state index contributed by atoms with van der Waals surface area (Å²) in [4.78, 5) is 1.27. The predicted octanol–water partition coefficient (Wildman–Crippen LogP) is 5.45. The van der Waals surface area contributed by atoms with Gasteiger partial charge in [0.05, 0.1) is 0 Å². The summed E-state index contributed by atoms with van der Waals surface area (Å²) in [6, 6.07) is 8.74. The fourth-order valence-electron chi connectivity index (χ4n) is 2.55. The third-order valence-corrected chi connectivity index (χ3v) is 5.70. The quantitative estimate of drug-likeness (QED) is 0.718. The van der Waals surface area contributed by atoms with E-state index in [1.165, 1.54) is 10.4 Å². The van der Waals surface area contributed by atoms with Crippen LogP contribution < -0.4 is 10.1 Å². The molecule has 0 fully saturated rings. The fourth-order valence-corrected chi connectivity index (χ4v) is 4.42. The Labute approximate surface area is 139 Å². The maximum atomic E-state index is 6.19. The van der Waals surface area contributed by atoms with Crippen LogP contribution in [-0.2, 0) is 0 Å². The minimum absolute atomic E-state index is 0.129. The molecule has 0 radical (unpaired) electrons. The molecule has 1 aliphatic heterocycles. The number of hydrogen-bond donors (Lipinski definition) is 1. The van der Waals surface area contributed by atoms with Crippen molar-refractivity contribution in [3.8, 4) is 5.75 Å². The lowest BCUT2D eigenvalue weighted by atomic mass is 9.96. The van der Waals surface area contributed by atoms with Crippen molar-refractivity contribution in [2.24, 2.45) is 0 Å². The highest BCUT2D eigenvalue weighted by atomic mass is 79.9. The van der Waals surface area contributed by atoms with Gasteiger partial charge in [-0.3, -0.25) is 0 Å². The SMILES string of the molecule is CCNC1CC(c2cc(Br)cs2)Oc2ccc(Br)cc21. The summed E-state index contributed by atoms with van der Waals surface area (Å²) < 4.78 is 8.42. The Balaban J connectivity index is 1.94. The third kappa shape index (κ3) is 2.96. The van der Waals surface area contributed by atoms with Crippen molar-refractivity contribution in [1.29, 1.82) is 0 Å². The highest BCUT2D eigenvalue weighted by Crippen LogP contribution is 2.43. The van der Waals surface area contributed by atoms with Crippen LogP contribution in [0.1, 0.15) is 35.9 Å². The van der Waals surface area contributed by atoms with Gasteiger partial charge in [0, 0.05) is 37.2 Å². The smallest absolute Gasteiger partial charge is 0.135 e. The van der Waals surface area contributed by atoms with E-state index < -0.39 is 0 Å². The molecule has 0 bridgehead atoms. The molecule has 3 rings (SSSR count). The van der Waals surface area contributed by atoms with Gasteiger partial charge >= 0.3 is 0 Å². The van der Waals surface area contributed by atoms with Crippen LogP contribution in [0.3, 0.4) is 0 Å². The Hall–Kier alpha value is -0.360. The van der Waals surface area contributed by atoms with Crippen LogP contribution in [-0.4, -0.2) is 6.54 Å². The van der Waals surface area contributed by atoms with E-state index in [0.29, 0.717) is 6.04 Å². The van der Waals surface area contributed by atoms with E-state index in [4.69, 9.17) is 4.74 Å². The molecular formula is C15H15Br2NOS. The van der Waals surface area contributed by atoms with Gasteiger partial charge in [-0.15, -0.1) is 11.3 Å². The van der Waals surface area contributed by atoms with Crippen LogP contribution in [0.25, 0.3) is 0 Å². The van der Waals surface area contributed by atoms with E-state index in [2.05, 4.69) is 67.7 Å². The van der Waals surface area contributed by atoms with Crippen molar-refractivity contribution in [2.45, 2.75) is 25.5 Å². The number of fused-ring (bicyclic) bond motifs is 1. The molecule has 5 heteroatoms. The highest BCUT2D eigenvalue weighted by Gasteiger charge is 2.29. The van der Waals surface area contributed by atoms with Crippen LogP contribution in [0.5, 0.6) is 5.75 Å². The van der Waals surface area contributed by atoms with Crippen molar-refractivity contribution < 1.29 is 4.74 Å². The second-order valence-electron chi connectivity index (χ2n) is 4.80. The first-order valence-corrected chi connectivity index (χ1v) is 9.07. The van der Waals surface area contributed by atoms with E-state index in [1.807, 2.05) is 6.07 Å². The first-order chi connectivity index (χ1) is 9.67. The number of halogens is 2. The average molecular weight is 417 g/mol. The van der Waals surface area contributed by atoms with Crippen LogP contribution in [0.15, 0.2) is 38.6 Å². The molecule has 0 saturated carbocycles.